The van der Waals surface area contributed by atoms with E-state index in [1.165, 1.54) is 18.4 Å². The van der Waals surface area contributed by atoms with E-state index < -0.39 is 6.10 Å². The van der Waals surface area contributed by atoms with Gasteiger partial charge in [0, 0.05) is 43.3 Å². The molecular weight excluding hydrogens is 450 g/mol. The topological polar surface area (TPSA) is 81.6 Å². The van der Waals surface area contributed by atoms with E-state index in [9.17, 15) is 9.90 Å². The lowest BCUT2D eigenvalue weighted by Gasteiger charge is -2.39. The Morgan fingerprint density at radius 2 is 1.81 bits per heavy atom. The van der Waals surface area contributed by atoms with Gasteiger partial charge >= 0.3 is 0 Å². The number of nitrogens with zero attached hydrogens (tertiary/aromatic N) is 4. The van der Waals surface area contributed by atoms with Crippen molar-refractivity contribution in [3.63, 3.8) is 0 Å². The van der Waals surface area contributed by atoms with Gasteiger partial charge in [-0.3, -0.25) is 4.79 Å². The maximum atomic E-state index is 14.1. The number of benzene rings is 1. The first-order valence-corrected chi connectivity index (χ1v) is 13.7. The number of anilines is 1. The fraction of sp³-hybridized carbons (Fsp3) is 0.621. The highest BCUT2D eigenvalue weighted by molar-refractivity contribution is 5.85. The second kappa shape index (κ2) is 9.10. The van der Waals surface area contributed by atoms with Crippen LogP contribution in [0.5, 0.6) is 0 Å². The van der Waals surface area contributed by atoms with Crippen molar-refractivity contribution < 1.29 is 9.90 Å². The van der Waals surface area contributed by atoms with Crippen LogP contribution in [-0.2, 0) is 4.79 Å². The van der Waals surface area contributed by atoms with E-state index in [4.69, 9.17) is 0 Å². The molecule has 7 heteroatoms. The van der Waals surface area contributed by atoms with E-state index in [0.717, 1.165) is 54.5 Å². The number of carbonyl (C=O) groups excluding carboxylic acids is 1. The highest BCUT2D eigenvalue weighted by Crippen LogP contribution is 2.43. The van der Waals surface area contributed by atoms with Gasteiger partial charge in [-0.2, -0.15) is 0 Å². The molecule has 7 nitrogen and oxygen atoms in total. The summed E-state index contributed by atoms with van der Waals surface area (Å²) in [6, 6.07) is 9.06. The van der Waals surface area contributed by atoms with Crippen molar-refractivity contribution in [1.29, 1.82) is 0 Å². The summed E-state index contributed by atoms with van der Waals surface area (Å²) in [6.07, 6.45) is 6.44. The molecule has 36 heavy (non-hydrogen) atoms. The molecule has 4 aliphatic rings. The van der Waals surface area contributed by atoms with Gasteiger partial charge < -0.3 is 20.2 Å². The predicted molar refractivity (Wildman–Crippen MR) is 140 cm³/mol. The Morgan fingerprint density at radius 3 is 2.44 bits per heavy atom. The first-order chi connectivity index (χ1) is 17.3. The number of aromatic nitrogens is 2. The molecule has 2 aliphatic carbocycles. The summed E-state index contributed by atoms with van der Waals surface area (Å²) < 4.78 is 0. The smallest absolute Gasteiger partial charge is 0.231 e. The molecule has 1 aromatic carbocycles. The molecule has 1 unspecified atom stereocenters. The average molecular weight is 490 g/mol. The van der Waals surface area contributed by atoms with Gasteiger partial charge in [0.2, 0.25) is 5.91 Å². The van der Waals surface area contributed by atoms with Crippen LogP contribution in [0.4, 0.5) is 5.82 Å². The van der Waals surface area contributed by atoms with Crippen LogP contribution in [0.1, 0.15) is 99.1 Å². The molecule has 3 heterocycles. The molecule has 192 valence electrons. The van der Waals surface area contributed by atoms with Crippen LogP contribution in [0.25, 0.3) is 0 Å². The molecule has 1 amide bonds. The number of amides is 1. The standard InChI is InChI=1S/C29H39N5O2/c1-18-16-23(35)26-24(18)27(31-17-30-26)33-12-14-34(15-13-33)28(36)25(22-10-11-29(2,3)32-22)21-8-6-20(7-9-21)19-4-5-19/h6-9,17-19,22-23,25,32,35H,4-5,10-16H2,1-3H3/t18?,22-,23+,25-/m0/s1. The second-order valence-corrected chi connectivity index (χ2v) is 12.1. The quantitative estimate of drug-likeness (QED) is 0.664. The molecule has 0 bridgehead atoms. The van der Waals surface area contributed by atoms with Crippen molar-refractivity contribution in [2.24, 2.45) is 0 Å². The Kier molecular flexibility index (Phi) is 6.03. The molecule has 1 aromatic heterocycles. The first kappa shape index (κ1) is 23.9. The SMILES string of the molecule is CC1C[C@@H](O)c2ncnc(N3CCN(C(=O)[C@@H](c4ccc(C5CC5)cc4)[C@@H]4CCC(C)(C)N4)CC3)c21. The van der Waals surface area contributed by atoms with E-state index in [1.54, 1.807) is 6.33 Å². The Morgan fingerprint density at radius 1 is 1.08 bits per heavy atom. The monoisotopic (exact) mass is 489 g/mol. The lowest BCUT2D eigenvalue weighted by atomic mass is 9.88. The molecule has 6 rings (SSSR count). The van der Waals surface area contributed by atoms with Crippen molar-refractivity contribution >= 4 is 11.7 Å². The minimum absolute atomic E-state index is 0.0600. The van der Waals surface area contributed by atoms with E-state index >= 15 is 0 Å². The summed E-state index contributed by atoms with van der Waals surface area (Å²) in [4.78, 5) is 27.4. The van der Waals surface area contributed by atoms with Gasteiger partial charge in [0.25, 0.3) is 0 Å². The number of hydrogen-bond acceptors (Lipinski definition) is 6. The molecular formula is C29H39N5O2. The van der Waals surface area contributed by atoms with Crippen molar-refractivity contribution in [3.05, 3.63) is 53.0 Å². The van der Waals surface area contributed by atoms with Gasteiger partial charge in [0.05, 0.1) is 17.7 Å². The maximum absolute atomic E-state index is 14.1. The van der Waals surface area contributed by atoms with E-state index in [0.29, 0.717) is 19.5 Å². The zero-order chi connectivity index (χ0) is 25.0. The van der Waals surface area contributed by atoms with Gasteiger partial charge in [0.1, 0.15) is 12.1 Å². The molecule has 3 fully saturated rings. The third-order valence-corrected chi connectivity index (χ3v) is 8.84. The highest BCUT2D eigenvalue weighted by atomic mass is 16.3. The molecule has 0 radical (unpaired) electrons. The predicted octanol–water partition coefficient (Wildman–Crippen LogP) is 3.86. The first-order valence-electron chi connectivity index (χ1n) is 13.7. The largest absolute Gasteiger partial charge is 0.387 e. The van der Waals surface area contributed by atoms with Crippen LogP contribution in [-0.4, -0.2) is 63.6 Å². The fourth-order valence-corrected chi connectivity index (χ4v) is 6.64. The third-order valence-electron chi connectivity index (χ3n) is 8.84. The maximum Gasteiger partial charge on any atom is 0.231 e. The van der Waals surface area contributed by atoms with E-state index in [-0.39, 0.29) is 29.3 Å². The average Bonchev–Trinajstić information content (AvgIpc) is 3.61. The van der Waals surface area contributed by atoms with Crippen LogP contribution < -0.4 is 10.2 Å². The molecule has 4 atom stereocenters. The van der Waals surface area contributed by atoms with Crippen molar-refractivity contribution in [1.82, 2.24) is 20.2 Å². The third kappa shape index (κ3) is 4.41. The number of aliphatic hydroxyl groups excluding tert-OH is 1. The molecule has 1 saturated carbocycles. The summed E-state index contributed by atoms with van der Waals surface area (Å²) in [5, 5.41) is 14.2. The van der Waals surface area contributed by atoms with Crippen molar-refractivity contribution in [3.8, 4) is 0 Å². The van der Waals surface area contributed by atoms with Crippen LogP contribution in [0.15, 0.2) is 30.6 Å². The van der Waals surface area contributed by atoms with Crippen LogP contribution in [0.2, 0.25) is 0 Å². The molecule has 2 aliphatic heterocycles. The number of aliphatic hydroxyl groups is 1. The van der Waals surface area contributed by atoms with Gasteiger partial charge in [-0.15, -0.1) is 0 Å². The van der Waals surface area contributed by atoms with Crippen molar-refractivity contribution in [2.75, 3.05) is 31.1 Å². The summed E-state index contributed by atoms with van der Waals surface area (Å²) in [5.41, 5.74) is 4.46. The van der Waals surface area contributed by atoms with Gasteiger partial charge in [-0.25, -0.2) is 9.97 Å². The molecule has 0 spiro atoms. The number of rotatable bonds is 5. The summed E-state index contributed by atoms with van der Waals surface area (Å²) in [5.74, 6) is 1.97. The Balaban J connectivity index is 1.20. The Hall–Kier alpha value is -2.51. The van der Waals surface area contributed by atoms with Gasteiger partial charge in [0.15, 0.2) is 0 Å². The van der Waals surface area contributed by atoms with Crippen LogP contribution >= 0.6 is 0 Å². The van der Waals surface area contributed by atoms with Crippen molar-refractivity contribution in [2.45, 2.75) is 88.3 Å². The van der Waals surface area contributed by atoms with E-state index in [2.05, 4.69) is 70.1 Å². The lowest BCUT2D eigenvalue weighted by Crippen LogP contribution is -2.53. The number of nitrogens with one attached hydrogen (secondary N) is 1. The van der Waals surface area contributed by atoms with Crippen LogP contribution in [0, 0.1) is 0 Å². The fourth-order valence-electron chi connectivity index (χ4n) is 6.64. The molecule has 2 saturated heterocycles. The normalized spacial score (nSPS) is 28.3. The summed E-state index contributed by atoms with van der Waals surface area (Å²) in [6.45, 7) is 9.46. The number of carbonyl (C=O) groups is 1. The zero-order valence-corrected chi connectivity index (χ0v) is 21.8. The van der Waals surface area contributed by atoms with E-state index in [1.807, 2.05) is 0 Å². The second-order valence-electron chi connectivity index (χ2n) is 12.1. The zero-order valence-electron chi connectivity index (χ0n) is 21.8. The van der Waals surface area contributed by atoms with Gasteiger partial charge in [-0.1, -0.05) is 31.2 Å². The molecule has 2 N–H and O–H groups in total. The minimum atomic E-state index is -0.505. The highest BCUT2D eigenvalue weighted by Gasteiger charge is 2.41. The van der Waals surface area contributed by atoms with Crippen LogP contribution in [0.3, 0.4) is 0 Å². The number of hydrogen-bond donors (Lipinski definition) is 2. The lowest BCUT2D eigenvalue weighted by molar-refractivity contribution is -0.133. The van der Waals surface area contributed by atoms with Gasteiger partial charge in [-0.05, 0) is 68.9 Å². The molecule has 2 aromatic rings. The Bertz CT molecular complexity index is 1120. The Labute approximate surface area is 214 Å². The number of piperazine rings is 1. The summed E-state index contributed by atoms with van der Waals surface area (Å²) >= 11 is 0. The minimum Gasteiger partial charge on any atom is -0.387 e. The number of fused-ring (bicyclic) bond motifs is 1. The summed E-state index contributed by atoms with van der Waals surface area (Å²) in [7, 11) is 0.